The summed E-state index contributed by atoms with van der Waals surface area (Å²) in [7, 11) is 1.56. The van der Waals surface area contributed by atoms with E-state index in [0.29, 0.717) is 12.1 Å². The molecule has 2 aromatic heterocycles. The molecule has 3 aromatic rings. The average molecular weight is 372 g/mol. The number of amides is 1. The molecule has 0 aliphatic rings. The monoisotopic (exact) mass is 372 g/mol. The van der Waals surface area contributed by atoms with Gasteiger partial charge in [-0.3, -0.25) is 14.2 Å². The number of hydrogen-bond donors (Lipinski definition) is 1. The van der Waals surface area contributed by atoms with Crippen LogP contribution in [0.1, 0.15) is 16.9 Å². The minimum absolute atomic E-state index is 0.104. The number of benzene rings is 1. The predicted molar refractivity (Wildman–Crippen MR) is 94.2 cm³/mol. The summed E-state index contributed by atoms with van der Waals surface area (Å²) >= 11 is 0. The number of nitrogens with zero attached hydrogens (tertiary/aromatic N) is 5. The van der Waals surface area contributed by atoms with Crippen LogP contribution in [-0.4, -0.2) is 36.6 Å². The highest BCUT2D eigenvalue weighted by Crippen LogP contribution is 2.06. The number of hydrogen-bond acceptors (Lipinski definition) is 5. The Morgan fingerprint density at radius 2 is 1.93 bits per heavy atom. The van der Waals surface area contributed by atoms with Crippen LogP contribution in [0.15, 0.2) is 52.3 Å². The van der Waals surface area contributed by atoms with Gasteiger partial charge in [-0.1, -0.05) is 0 Å². The smallest absolute Gasteiger partial charge is 0.330 e. The van der Waals surface area contributed by atoms with Crippen LogP contribution >= 0.6 is 0 Å². The number of rotatable bonds is 6. The highest BCUT2D eigenvalue weighted by Gasteiger charge is 2.11. The molecule has 27 heavy (non-hydrogen) atoms. The van der Waals surface area contributed by atoms with Gasteiger partial charge in [-0.05, 0) is 30.7 Å². The third-order valence-corrected chi connectivity index (χ3v) is 3.87. The molecular weight excluding hydrogens is 355 g/mol. The number of carbonyl (C=O) groups excluding carboxylic acids is 1. The van der Waals surface area contributed by atoms with Gasteiger partial charge in [0.05, 0.1) is 11.9 Å². The predicted octanol–water partition coefficient (Wildman–Crippen LogP) is 0.0869. The SMILES string of the molecule is Cn1ccc(=O)n(CCCNC(=O)c2cnn(-c3ccc(F)cc3)n2)c1=O. The lowest BCUT2D eigenvalue weighted by Gasteiger charge is -2.07. The lowest BCUT2D eigenvalue weighted by molar-refractivity contribution is 0.0947. The molecule has 0 unspecified atom stereocenters. The molecule has 0 saturated heterocycles. The zero-order valence-electron chi connectivity index (χ0n) is 14.5. The van der Waals surface area contributed by atoms with Crippen molar-refractivity contribution in [1.82, 2.24) is 29.4 Å². The maximum absolute atomic E-state index is 12.9. The third kappa shape index (κ3) is 4.17. The fourth-order valence-corrected chi connectivity index (χ4v) is 2.42. The third-order valence-electron chi connectivity index (χ3n) is 3.87. The Labute approximate surface area is 152 Å². The van der Waals surface area contributed by atoms with Gasteiger partial charge in [0.25, 0.3) is 11.5 Å². The summed E-state index contributed by atoms with van der Waals surface area (Å²) < 4.78 is 15.4. The van der Waals surface area contributed by atoms with Crippen molar-refractivity contribution in [1.29, 1.82) is 0 Å². The summed E-state index contributed by atoms with van der Waals surface area (Å²) in [5.74, 6) is -0.812. The largest absolute Gasteiger partial charge is 0.351 e. The van der Waals surface area contributed by atoms with E-state index in [1.807, 2.05) is 0 Å². The van der Waals surface area contributed by atoms with E-state index in [1.54, 1.807) is 7.05 Å². The van der Waals surface area contributed by atoms with Gasteiger partial charge in [0.1, 0.15) is 5.82 Å². The molecule has 9 nitrogen and oxygen atoms in total. The Kier molecular flexibility index (Phi) is 5.25. The topological polar surface area (TPSA) is 104 Å². The lowest BCUT2D eigenvalue weighted by Crippen LogP contribution is -2.38. The van der Waals surface area contributed by atoms with Gasteiger partial charge in [-0.2, -0.15) is 9.90 Å². The van der Waals surface area contributed by atoms with Crippen LogP contribution in [0.25, 0.3) is 5.69 Å². The molecule has 3 rings (SSSR count). The lowest BCUT2D eigenvalue weighted by atomic mass is 10.3. The molecule has 0 fully saturated rings. The van der Waals surface area contributed by atoms with Crippen molar-refractivity contribution in [2.45, 2.75) is 13.0 Å². The Hall–Kier alpha value is -3.56. The summed E-state index contributed by atoms with van der Waals surface area (Å²) in [4.78, 5) is 37.0. The quantitative estimate of drug-likeness (QED) is 0.618. The second-order valence-corrected chi connectivity index (χ2v) is 5.80. The molecule has 0 saturated carbocycles. The molecule has 140 valence electrons. The zero-order chi connectivity index (χ0) is 19.4. The van der Waals surface area contributed by atoms with Gasteiger partial charge in [0.15, 0.2) is 5.69 Å². The Morgan fingerprint density at radius 1 is 1.19 bits per heavy atom. The van der Waals surface area contributed by atoms with E-state index in [1.165, 1.54) is 52.1 Å². The first-order chi connectivity index (χ1) is 13.0. The van der Waals surface area contributed by atoms with Gasteiger partial charge in [-0.25, -0.2) is 9.18 Å². The second kappa shape index (κ2) is 7.77. The summed E-state index contributed by atoms with van der Waals surface area (Å²) in [6, 6.07) is 6.85. The van der Waals surface area contributed by atoms with Crippen molar-refractivity contribution in [3.8, 4) is 5.69 Å². The van der Waals surface area contributed by atoms with Crippen molar-refractivity contribution in [2.75, 3.05) is 6.54 Å². The maximum atomic E-state index is 12.9. The van der Waals surface area contributed by atoms with Crippen LogP contribution in [0.4, 0.5) is 4.39 Å². The molecule has 0 atom stereocenters. The molecule has 10 heteroatoms. The van der Waals surface area contributed by atoms with Crippen molar-refractivity contribution in [3.05, 3.63) is 75.1 Å². The Bertz CT molecular complexity index is 1070. The molecule has 2 heterocycles. The van der Waals surface area contributed by atoms with E-state index in [0.717, 1.165) is 4.57 Å². The van der Waals surface area contributed by atoms with Crippen LogP contribution < -0.4 is 16.6 Å². The number of halogens is 1. The normalized spacial score (nSPS) is 10.7. The van der Waals surface area contributed by atoms with Gasteiger partial charge in [-0.15, -0.1) is 5.10 Å². The van der Waals surface area contributed by atoms with Gasteiger partial charge in [0, 0.05) is 32.4 Å². The van der Waals surface area contributed by atoms with Crippen LogP contribution in [0.3, 0.4) is 0 Å². The number of carbonyl (C=O) groups is 1. The van der Waals surface area contributed by atoms with Crippen LogP contribution in [0.5, 0.6) is 0 Å². The fraction of sp³-hybridized carbons (Fsp3) is 0.235. The molecule has 1 amide bonds. The molecule has 0 aliphatic carbocycles. The van der Waals surface area contributed by atoms with Gasteiger partial charge < -0.3 is 9.88 Å². The number of aryl methyl sites for hydroxylation is 1. The standard InChI is InChI=1S/C17H17FN6O3/c1-22-10-7-15(25)23(17(22)27)9-2-8-19-16(26)14-11-20-24(21-14)13-5-3-12(18)4-6-13/h3-7,10-11H,2,8-9H2,1H3,(H,19,26). The van der Waals surface area contributed by atoms with Gasteiger partial charge >= 0.3 is 5.69 Å². The van der Waals surface area contributed by atoms with E-state index < -0.39 is 11.6 Å². The first-order valence-corrected chi connectivity index (χ1v) is 8.18. The molecule has 0 radical (unpaired) electrons. The first kappa shape index (κ1) is 18.2. The minimum atomic E-state index is -0.434. The highest BCUT2D eigenvalue weighted by atomic mass is 19.1. The molecule has 0 spiro atoms. The highest BCUT2D eigenvalue weighted by molar-refractivity contribution is 5.91. The van der Waals surface area contributed by atoms with Gasteiger partial charge in [0.2, 0.25) is 0 Å². The fourth-order valence-electron chi connectivity index (χ4n) is 2.42. The molecular formula is C17H17FN6O3. The van der Waals surface area contributed by atoms with E-state index in [9.17, 15) is 18.8 Å². The number of aromatic nitrogens is 5. The minimum Gasteiger partial charge on any atom is -0.351 e. The van der Waals surface area contributed by atoms with Crippen LogP contribution in [0.2, 0.25) is 0 Å². The average Bonchev–Trinajstić information content (AvgIpc) is 3.15. The zero-order valence-corrected chi connectivity index (χ0v) is 14.5. The number of nitrogens with one attached hydrogen (secondary N) is 1. The summed E-state index contributed by atoms with van der Waals surface area (Å²) in [5.41, 5.74) is -0.162. The maximum Gasteiger partial charge on any atom is 0.330 e. The Balaban J connectivity index is 1.56. The summed E-state index contributed by atoms with van der Waals surface area (Å²) in [6.07, 6.45) is 3.11. The van der Waals surface area contributed by atoms with Crippen molar-refractivity contribution >= 4 is 5.91 Å². The summed E-state index contributed by atoms with van der Waals surface area (Å²) in [5, 5.41) is 10.7. The van der Waals surface area contributed by atoms with E-state index in [-0.39, 0.29) is 30.2 Å². The van der Waals surface area contributed by atoms with E-state index in [2.05, 4.69) is 15.5 Å². The van der Waals surface area contributed by atoms with E-state index in [4.69, 9.17) is 0 Å². The molecule has 0 bridgehead atoms. The second-order valence-electron chi connectivity index (χ2n) is 5.80. The van der Waals surface area contributed by atoms with Crippen LogP contribution in [0, 0.1) is 5.82 Å². The molecule has 1 N–H and O–H groups in total. The van der Waals surface area contributed by atoms with Crippen molar-refractivity contribution in [2.24, 2.45) is 7.05 Å². The van der Waals surface area contributed by atoms with Crippen molar-refractivity contribution in [3.63, 3.8) is 0 Å². The molecule has 1 aromatic carbocycles. The van der Waals surface area contributed by atoms with Crippen LogP contribution in [-0.2, 0) is 13.6 Å². The summed E-state index contributed by atoms with van der Waals surface area (Å²) in [6.45, 7) is 0.446. The first-order valence-electron chi connectivity index (χ1n) is 8.18. The molecule has 0 aliphatic heterocycles. The van der Waals surface area contributed by atoms with Crippen molar-refractivity contribution < 1.29 is 9.18 Å². The Morgan fingerprint density at radius 3 is 2.67 bits per heavy atom. The van der Waals surface area contributed by atoms with E-state index >= 15 is 0 Å².